The number of benzene rings is 1. The van der Waals surface area contributed by atoms with Gasteiger partial charge in [0.25, 0.3) is 0 Å². The van der Waals surface area contributed by atoms with Gasteiger partial charge >= 0.3 is 5.97 Å². The molecular formula is C16H23NO4. The van der Waals surface area contributed by atoms with Gasteiger partial charge in [0.2, 0.25) is 5.91 Å². The fourth-order valence-corrected chi connectivity index (χ4v) is 1.83. The molecule has 5 heteroatoms. The Balaban J connectivity index is 2.28. The number of amides is 1. The van der Waals surface area contributed by atoms with E-state index in [1.807, 2.05) is 32.0 Å². The van der Waals surface area contributed by atoms with E-state index in [-0.39, 0.29) is 12.3 Å². The second-order valence-electron chi connectivity index (χ2n) is 5.06. The van der Waals surface area contributed by atoms with Crippen LogP contribution in [0.4, 0.5) is 0 Å². The van der Waals surface area contributed by atoms with Crippen LogP contribution in [0.3, 0.4) is 0 Å². The zero-order chi connectivity index (χ0) is 15.8. The summed E-state index contributed by atoms with van der Waals surface area (Å²) in [4.78, 5) is 22.4. The number of carbonyl (C=O) groups is 2. The van der Waals surface area contributed by atoms with Crippen LogP contribution in [-0.4, -0.2) is 29.6 Å². The Morgan fingerprint density at radius 1 is 1.29 bits per heavy atom. The molecule has 0 spiro atoms. The van der Waals surface area contributed by atoms with Crippen molar-refractivity contribution in [1.82, 2.24) is 5.32 Å². The zero-order valence-corrected chi connectivity index (χ0v) is 12.8. The van der Waals surface area contributed by atoms with Crippen LogP contribution in [0, 0.1) is 13.8 Å². The van der Waals surface area contributed by atoms with Crippen LogP contribution in [-0.2, 0) is 9.59 Å². The molecule has 1 atom stereocenters. The van der Waals surface area contributed by atoms with Gasteiger partial charge in [0.05, 0.1) is 6.61 Å². The molecule has 21 heavy (non-hydrogen) atoms. The van der Waals surface area contributed by atoms with Gasteiger partial charge in [0.1, 0.15) is 11.8 Å². The molecule has 1 aromatic carbocycles. The van der Waals surface area contributed by atoms with Gasteiger partial charge in [-0.25, -0.2) is 4.79 Å². The summed E-state index contributed by atoms with van der Waals surface area (Å²) in [7, 11) is 0. The molecule has 0 radical (unpaired) electrons. The highest BCUT2D eigenvalue weighted by atomic mass is 16.5. The predicted molar refractivity (Wildman–Crippen MR) is 80.5 cm³/mol. The Kier molecular flexibility index (Phi) is 6.72. The predicted octanol–water partition coefficient (Wildman–Crippen LogP) is 2.44. The highest BCUT2D eigenvalue weighted by Gasteiger charge is 2.16. The summed E-state index contributed by atoms with van der Waals surface area (Å²) in [5, 5.41) is 11.3. The molecule has 0 saturated carbocycles. The van der Waals surface area contributed by atoms with Crippen LogP contribution in [0.5, 0.6) is 5.75 Å². The maximum Gasteiger partial charge on any atom is 0.326 e. The zero-order valence-electron chi connectivity index (χ0n) is 12.8. The van der Waals surface area contributed by atoms with Crippen LogP contribution in [0.25, 0.3) is 0 Å². The lowest BCUT2D eigenvalue weighted by atomic mass is 10.1. The Bertz CT molecular complexity index is 499. The molecule has 0 aliphatic rings. The van der Waals surface area contributed by atoms with Gasteiger partial charge in [-0.2, -0.15) is 0 Å². The molecule has 116 valence electrons. The van der Waals surface area contributed by atoms with Gasteiger partial charge in [-0.1, -0.05) is 13.0 Å². The van der Waals surface area contributed by atoms with Crippen molar-refractivity contribution < 1.29 is 19.4 Å². The van der Waals surface area contributed by atoms with E-state index in [0.717, 1.165) is 11.3 Å². The largest absolute Gasteiger partial charge is 0.494 e. The van der Waals surface area contributed by atoms with Crippen molar-refractivity contribution in [2.24, 2.45) is 0 Å². The lowest BCUT2D eigenvalue weighted by molar-refractivity contribution is -0.141. The first-order valence-electron chi connectivity index (χ1n) is 7.16. The summed E-state index contributed by atoms with van der Waals surface area (Å²) >= 11 is 0. The van der Waals surface area contributed by atoms with Gasteiger partial charge in [-0.15, -0.1) is 0 Å². The van der Waals surface area contributed by atoms with E-state index in [1.165, 1.54) is 5.56 Å². The molecule has 2 N–H and O–H groups in total. The molecule has 1 unspecified atom stereocenters. The molecule has 1 aromatic rings. The first-order chi connectivity index (χ1) is 9.93. The standard InChI is InChI=1S/C16H23NO4/c1-4-14(16(19)20)17-15(18)6-5-9-21-13-8-7-11(2)12(3)10-13/h7-8,10,14H,4-6,9H2,1-3H3,(H,17,18)(H,19,20). The number of aryl methyl sites for hydroxylation is 2. The van der Waals surface area contributed by atoms with E-state index in [2.05, 4.69) is 5.32 Å². The lowest BCUT2D eigenvalue weighted by Gasteiger charge is -2.12. The number of carbonyl (C=O) groups excluding carboxylic acids is 1. The molecule has 1 rings (SSSR count). The smallest absolute Gasteiger partial charge is 0.326 e. The van der Waals surface area contributed by atoms with E-state index in [4.69, 9.17) is 9.84 Å². The van der Waals surface area contributed by atoms with E-state index in [1.54, 1.807) is 6.92 Å². The second-order valence-corrected chi connectivity index (χ2v) is 5.06. The average molecular weight is 293 g/mol. The van der Waals surface area contributed by atoms with E-state index in [9.17, 15) is 9.59 Å². The maximum absolute atomic E-state index is 11.6. The van der Waals surface area contributed by atoms with Gasteiger partial charge in [-0.3, -0.25) is 4.79 Å². The minimum Gasteiger partial charge on any atom is -0.494 e. The highest BCUT2D eigenvalue weighted by Crippen LogP contribution is 2.16. The molecule has 0 aliphatic heterocycles. The SMILES string of the molecule is CCC(NC(=O)CCCOc1ccc(C)c(C)c1)C(=O)O. The Labute approximate surface area is 125 Å². The van der Waals surface area contributed by atoms with E-state index < -0.39 is 12.0 Å². The first kappa shape index (κ1) is 17.0. The highest BCUT2D eigenvalue weighted by molar-refractivity contribution is 5.83. The van der Waals surface area contributed by atoms with Gasteiger partial charge in [0, 0.05) is 6.42 Å². The number of carboxylic acids is 1. The minimum atomic E-state index is -1.00. The van der Waals surface area contributed by atoms with E-state index >= 15 is 0 Å². The van der Waals surface area contributed by atoms with Crippen LogP contribution < -0.4 is 10.1 Å². The van der Waals surface area contributed by atoms with Crippen molar-refractivity contribution >= 4 is 11.9 Å². The Morgan fingerprint density at radius 3 is 2.57 bits per heavy atom. The molecule has 0 bridgehead atoms. The summed E-state index contributed by atoms with van der Waals surface area (Å²) in [6.07, 6.45) is 1.18. The van der Waals surface area contributed by atoms with Gasteiger partial charge < -0.3 is 15.2 Å². The number of ether oxygens (including phenoxy) is 1. The number of hydrogen-bond donors (Lipinski definition) is 2. The molecule has 0 heterocycles. The molecule has 0 fully saturated rings. The summed E-state index contributed by atoms with van der Waals surface area (Å²) in [6.45, 7) is 6.21. The van der Waals surface area contributed by atoms with Crippen LogP contribution >= 0.6 is 0 Å². The number of aliphatic carboxylic acids is 1. The van der Waals surface area contributed by atoms with E-state index in [0.29, 0.717) is 19.4 Å². The van der Waals surface area contributed by atoms with Gasteiger partial charge in [-0.05, 0) is 49.9 Å². The third-order valence-corrected chi connectivity index (χ3v) is 3.34. The lowest BCUT2D eigenvalue weighted by Crippen LogP contribution is -2.40. The van der Waals surface area contributed by atoms with Gasteiger partial charge in [0.15, 0.2) is 0 Å². The molecule has 0 aliphatic carbocycles. The van der Waals surface area contributed by atoms with Crippen molar-refractivity contribution in [2.45, 2.75) is 46.1 Å². The molecular weight excluding hydrogens is 270 g/mol. The normalized spacial score (nSPS) is 11.8. The average Bonchev–Trinajstić information content (AvgIpc) is 2.44. The number of carboxylic acid groups (broad SMARTS) is 1. The number of hydrogen-bond acceptors (Lipinski definition) is 3. The maximum atomic E-state index is 11.6. The quantitative estimate of drug-likeness (QED) is 0.722. The van der Waals surface area contributed by atoms with Crippen molar-refractivity contribution in [3.63, 3.8) is 0 Å². The van der Waals surface area contributed by atoms with Crippen LogP contribution in [0.1, 0.15) is 37.3 Å². The summed E-state index contributed by atoms with van der Waals surface area (Å²) in [6, 6.07) is 5.06. The first-order valence-corrected chi connectivity index (χ1v) is 7.16. The van der Waals surface area contributed by atoms with Crippen LogP contribution in [0.15, 0.2) is 18.2 Å². The molecule has 1 amide bonds. The van der Waals surface area contributed by atoms with Crippen molar-refractivity contribution in [2.75, 3.05) is 6.61 Å². The third kappa shape index (κ3) is 5.85. The Hall–Kier alpha value is -2.04. The molecule has 0 saturated heterocycles. The monoisotopic (exact) mass is 293 g/mol. The summed E-state index contributed by atoms with van der Waals surface area (Å²) < 4.78 is 5.57. The minimum absolute atomic E-state index is 0.257. The summed E-state index contributed by atoms with van der Waals surface area (Å²) in [5.74, 6) is -0.472. The van der Waals surface area contributed by atoms with Crippen molar-refractivity contribution in [1.29, 1.82) is 0 Å². The third-order valence-electron chi connectivity index (χ3n) is 3.34. The Morgan fingerprint density at radius 2 is 2.00 bits per heavy atom. The van der Waals surface area contributed by atoms with Crippen molar-refractivity contribution in [3.05, 3.63) is 29.3 Å². The fourth-order valence-electron chi connectivity index (χ4n) is 1.83. The molecule has 5 nitrogen and oxygen atoms in total. The number of nitrogens with one attached hydrogen (secondary N) is 1. The topological polar surface area (TPSA) is 75.6 Å². The fraction of sp³-hybridized carbons (Fsp3) is 0.500. The second kappa shape index (κ2) is 8.29. The summed E-state index contributed by atoms with van der Waals surface area (Å²) in [5.41, 5.74) is 2.37. The molecule has 0 aromatic heterocycles. The van der Waals surface area contributed by atoms with Crippen LogP contribution in [0.2, 0.25) is 0 Å². The number of rotatable bonds is 8. The van der Waals surface area contributed by atoms with Crippen molar-refractivity contribution in [3.8, 4) is 5.75 Å².